The first-order valence-electron chi connectivity index (χ1n) is 6.76. The number of benzene rings is 2. The molecular weight excluding hydrogens is 268 g/mol. The summed E-state index contributed by atoms with van der Waals surface area (Å²) in [7, 11) is 0. The van der Waals surface area contributed by atoms with E-state index in [2.05, 4.69) is 0 Å². The van der Waals surface area contributed by atoms with Gasteiger partial charge >= 0.3 is 5.97 Å². The third-order valence-electron chi connectivity index (χ3n) is 3.21. The fourth-order valence-corrected chi connectivity index (χ4v) is 2.13. The second-order valence-corrected chi connectivity index (χ2v) is 5.14. The second-order valence-electron chi connectivity index (χ2n) is 5.14. The highest BCUT2D eigenvalue weighted by molar-refractivity contribution is 5.93. The van der Waals surface area contributed by atoms with Gasteiger partial charge < -0.3 is 14.9 Å². The lowest BCUT2D eigenvalue weighted by Gasteiger charge is -2.14. The van der Waals surface area contributed by atoms with E-state index in [-0.39, 0.29) is 17.2 Å². The molecule has 0 aliphatic carbocycles. The standard InChI is InChI=1S/C17H18O4/c1-11(2)14-8-13(9-15(18)16(14)17(19)20)21-10-12-6-4-3-5-7-12/h3-9,11,18H,10H2,1-2H3,(H,19,20). The number of carboxylic acid groups (broad SMARTS) is 1. The van der Waals surface area contributed by atoms with Crippen molar-refractivity contribution in [2.24, 2.45) is 0 Å². The highest BCUT2D eigenvalue weighted by Crippen LogP contribution is 2.32. The molecule has 0 aliphatic rings. The molecule has 0 atom stereocenters. The molecule has 2 aromatic rings. The highest BCUT2D eigenvalue weighted by atomic mass is 16.5. The Labute approximate surface area is 123 Å². The van der Waals surface area contributed by atoms with Gasteiger partial charge in [0, 0.05) is 6.07 Å². The number of ether oxygens (including phenoxy) is 1. The van der Waals surface area contributed by atoms with Crippen LogP contribution in [0.25, 0.3) is 0 Å². The van der Waals surface area contributed by atoms with Crippen LogP contribution >= 0.6 is 0 Å². The second kappa shape index (κ2) is 6.31. The van der Waals surface area contributed by atoms with Gasteiger partial charge in [0.25, 0.3) is 0 Å². The van der Waals surface area contributed by atoms with Crippen LogP contribution in [0.3, 0.4) is 0 Å². The highest BCUT2D eigenvalue weighted by Gasteiger charge is 2.19. The van der Waals surface area contributed by atoms with E-state index in [1.807, 2.05) is 44.2 Å². The Morgan fingerprint density at radius 2 is 1.86 bits per heavy atom. The van der Waals surface area contributed by atoms with Gasteiger partial charge in [-0.3, -0.25) is 0 Å². The zero-order valence-electron chi connectivity index (χ0n) is 12.0. The molecule has 0 heterocycles. The van der Waals surface area contributed by atoms with E-state index in [1.165, 1.54) is 6.07 Å². The summed E-state index contributed by atoms with van der Waals surface area (Å²) in [5.74, 6) is -0.963. The molecule has 2 rings (SSSR count). The van der Waals surface area contributed by atoms with Crippen LogP contribution in [0.1, 0.15) is 41.3 Å². The van der Waals surface area contributed by atoms with Gasteiger partial charge in [-0.05, 0) is 23.1 Å². The smallest absolute Gasteiger partial charge is 0.339 e. The molecule has 0 spiro atoms. The van der Waals surface area contributed by atoms with E-state index < -0.39 is 5.97 Å². The van der Waals surface area contributed by atoms with Gasteiger partial charge in [0.15, 0.2) is 0 Å². The van der Waals surface area contributed by atoms with Crippen LogP contribution in [0.15, 0.2) is 42.5 Å². The number of hydrogen-bond donors (Lipinski definition) is 2. The van der Waals surface area contributed by atoms with Gasteiger partial charge in [-0.15, -0.1) is 0 Å². The average molecular weight is 286 g/mol. The molecule has 0 bridgehead atoms. The van der Waals surface area contributed by atoms with Crippen molar-refractivity contribution in [3.8, 4) is 11.5 Å². The third kappa shape index (κ3) is 3.54. The normalized spacial score (nSPS) is 10.6. The van der Waals surface area contributed by atoms with Gasteiger partial charge in [0.2, 0.25) is 0 Å². The summed E-state index contributed by atoms with van der Waals surface area (Å²) in [5.41, 5.74) is 1.51. The number of rotatable bonds is 5. The molecule has 0 aliphatic heterocycles. The maximum absolute atomic E-state index is 11.2. The van der Waals surface area contributed by atoms with E-state index in [0.29, 0.717) is 17.9 Å². The Morgan fingerprint density at radius 1 is 1.19 bits per heavy atom. The molecule has 0 amide bonds. The monoisotopic (exact) mass is 286 g/mol. The lowest BCUT2D eigenvalue weighted by molar-refractivity contribution is 0.0692. The summed E-state index contributed by atoms with van der Waals surface area (Å²) in [6.07, 6.45) is 0. The molecule has 0 saturated carbocycles. The predicted octanol–water partition coefficient (Wildman–Crippen LogP) is 3.79. The van der Waals surface area contributed by atoms with Crippen LogP contribution in [0.5, 0.6) is 11.5 Å². The van der Waals surface area contributed by atoms with Crippen LogP contribution in [0.2, 0.25) is 0 Å². The molecule has 0 radical (unpaired) electrons. The van der Waals surface area contributed by atoms with Crippen LogP contribution in [-0.4, -0.2) is 16.2 Å². The lowest BCUT2D eigenvalue weighted by atomic mass is 9.96. The van der Waals surface area contributed by atoms with Crippen molar-refractivity contribution in [2.45, 2.75) is 26.4 Å². The number of phenols is 1. The molecule has 21 heavy (non-hydrogen) atoms. The number of carboxylic acids is 1. The summed E-state index contributed by atoms with van der Waals surface area (Å²) >= 11 is 0. The topological polar surface area (TPSA) is 66.8 Å². The molecule has 0 aromatic heterocycles. The quantitative estimate of drug-likeness (QED) is 0.877. The third-order valence-corrected chi connectivity index (χ3v) is 3.21. The summed E-state index contributed by atoms with van der Waals surface area (Å²) in [6, 6.07) is 12.7. The SMILES string of the molecule is CC(C)c1cc(OCc2ccccc2)cc(O)c1C(=O)O. The van der Waals surface area contributed by atoms with Gasteiger partial charge in [-0.2, -0.15) is 0 Å². The molecule has 4 heteroatoms. The van der Waals surface area contributed by atoms with Crippen LogP contribution in [0, 0.1) is 0 Å². The lowest BCUT2D eigenvalue weighted by Crippen LogP contribution is -2.06. The van der Waals surface area contributed by atoms with Gasteiger partial charge in [0.1, 0.15) is 23.7 Å². The van der Waals surface area contributed by atoms with Crippen molar-refractivity contribution in [3.05, 3.63) is 59.2 Å². The van der Waals surface area contributed by atoms with Crippen molar-refractivity contribution >= 4 is 5.97 Å². The molecule has 4 nitrogen and oxygen atoms in total. The van der Waals surface area contributed by atoms with Gasteiger partial charge in [-0.1, -0.05) is 44.2 Å². The molecule has 2 N–H and O–H groups in total. The largest absolute Gasteiger partial charge is 0.507 e. The van der Waals surface area contributed by atoms with Crippen molar-refractivity contribution < 1.29 is 19.7 Å². The van der Waals surface area contributed by atoms with Crippen molar-refractivity contribution in [1.82, 2.24) is 0 Å². The number of carbonyl (C=O) groups is 1. The molecular formula is C17H18O4. The molecule has 0 saturated heterocycles. The maximum Gasteiger partial charge on any atom is 0.339 e. The first-order valence-corrected chi connectivity index (χ1v) is 6.76. The van der Waals surface area contributed by atoms with Crippen molar-refractivity contribution in [2.75, 3.05) is 0 Å². The first kappa shape index (κ1) is 14.9. The van der Waals surface area contributed by atoms with E-state index in [1.54, 1.807) is 6.07 Å². The number of hydrogen-bond acceptors (Lipinski definition) is 3. The van der Waals surface area contributed by atoms with Gasteiger partial charge in [-0.25, -0.2) is 4.79 Å². The summed E-state index contributed by atoms with van der Waals surface area (Å²) < 4.78 is 5.65. The Morgan fingerprint density at radius 3 is 2.43 bits per heavy atom. The minimum Gasteiger partial charge on any atom is -0.507 e. The molecule has 2 aromatic carbocycles. The minimum absolute atomic E-state index is 0.0257. The predicted molar refractivity (Wildman–Crippen MR) is 79.9 cm³/mol. The Balaban J connectivity index is 2.27. The zero-order chi connectivity index (χ0) is 15.4. The van der Waals surface area contributed by atoms with E-state index in [9.17, 15) is 15.0 Å². The van der Waals surface area contributed by atoms with E-state index in [4.69, 9.17) is 4.74 Å². The maximum atomic E-state index is 11.2. The fraction of sp³-hybridized carbons (Fsp3) is 0.235. The zero-order valence-corrected chi connectivity index (χ0v) is 12.0. The summed E-state index contributed by atoms with van der Waals surface area (Å²) in [6.45, 7) is 4.12. The number of aromatic hydroxyl groups is 1. The first-order chi connectivity index (χ1) is 9.99. The van der Waals surface area contributed by atoms with Crippen molar-refractivity contribution in [1.29, 1.82) is 0 Å². The van der Waals surface area contributed by atoms with Crippen LogP contribution < -0.4 is 4.74 Å². The molecule has 110 valence electrons. The van der Waals surface area contributed by atoms with Crippen LogP contribution in [0.4, 0.5) is 0 Å². The average Bonchev–Trinajstić information content (AvgIpc) is 2.45. The Hall–Kier alpha value is -2.49. The van der Waals surface area contributed by atoms with Crippen molar-refractivity contribution in [3.63, 3.8) is 0 Å². The number of aromatic carboxylic acids is 1. The van der Waals surface area contributed by atoms with E-state index in [0.717, 1.165) is 5.56 Å². The molecule has 0 unspecified atom stereocenters. The Kier molecular flexibility index (Phi) is 4.48. The van der Waals surface area contributed by atoms with Gasteiger partial charge in [0.05, 0.1) is 0 Å². The van der Waals surface area contributed by atoms with E-state index >= 15 is 0 Å². The Bertz CT molecular complexity index is 633. The minimum atomic E-state index is -1.13. The van der Waals surface area contributed by atoms with Crippen LogP contribution in [-0.2, 0) is 6.61 Å². The summed E-state index contributed by atoms with van der Waals surface area (Å²) in [4.78, 5) is 11.2. The molecule has 0 fully saturated rings. The fourth-order valence-electron chi connectivity index (χ4n) is 2.13. The summed E-state index contributed by atoms with van der Waals surface area (Å²) in [5, 5.41) is 19.1.